The van der Waals surface area contributed by atoms with Crippen molar-refractivity contribution in [3.63, 3.8) is 0 Å². The number of nitrogens with one attached hydrogen (secondary N) is 1. The second-order valence-electron chi connectivity index (χ2n) is 3.68. The van der Waals surface area contributed by atoms with Crippen LogP contribution in [0.2, 0.25) is 5.15 Å². The Morgan fingerprint density at radius 1 is 1.06 bits per heavy atom. The van der Waals surface area contributed by atoms with Gasteiger partial charge in [-0.2, -0.15) is 0 Å². The van der Waals surface area contributed by atoms with Gasteiger partial charge in [-0.3, -0.25) is 0 Å². The third-order valence-corrected chi connectivity index (χ3v) is 2.48. The summed E-state index contributed by atoms with van der Waals surface area (Å²) in [5.74, 6) is 0.691. The number of anilines is 2. The van der Waals surface area contributed by atoms with Gasteiger partial charge in [0.15, 0.2) is 11.0 Å². The monoisotopic (exact) mass is 233 g/mol. The maximum absolute atomic E-state index is 5.67. The van der Waals surface area contributed by atoms with Gasteiger partial charge in [-0.05, 0) is 37.6 Å². The van der Waals surface area contributed by atoms with Crippen LogP contribution in [-0.4, -0.2) is 10.2 Å². The second-order valence-corrected chi connectivity index (χ2v) is 4.07. The SMILES string of the molecule is Cc1ccc(Nc2ccc(Cl)nn2)c(C)c1. The van der Waals surface area contributed by atoms with E-state index in [9.17, 15) is 0 Å². The molecule has 0 unspecified atom stereocenters. The van der Waals surface area contributed by atoms with Crippen LogP contribution in [0.4, 0.5) is 11.5 Å². The zero-order valence-electron chi connectivity index (χ0n) is 9.16. The molecule has 4 heteroatoms. The third kappa shape index (κ3) is 2.49. The van der Waals surface area contributed by atoms with Crippen LogP contribution in [0, 0.1) is 13.8 Å². The molecule has 16 heavy (non-hydrogen) atoms. The minimum Gasteiger partial charge on any atom is -0.339 e. The van der Waals surface area contributed by atoms with E-state index in [1.54, 1.807) is 12.1 Å². The van der Waals surface area contributed by atoms with E-state index in [0.717, 1.165) is 5.69 Å². The number of rotatable bonds is 2. The lowest BCUT2D eigenvalue weighted by atomic mass is 10.1. The van der Waals surface area contributed by atoms with Crippen LogP contribution < -0.4 is 5.32 Å². The summed E-state index contributed by atoms with van der Waals surface area (Å²) in [5.41, 5.74) is 3.45. The number of halogens is 1. The predicted octanol–water partition coefficient (Wildman–Crippen LogP) is 3.49. The minimum atomic E-state index is 0.395. The first-order valence-electron chi connectivity index (χ1n) is 4.98. The van der Waals surface area contributed by atoms with Gasteiger partial charge in [-0.25, -0.2) is 0 Å². The van der Waals surface area contributed by atoms with Crippen molar-refractivity contribution < 1.29 is 0 Å². The fourth-order valence-electron chi connectivity index (χ4n) is 1.47. The molecule has 0 radical (unpaired) electrons. The van der Waals surface area contributed by atoms with Gasteiger partial charge >= 0.3 is 0 Å². The molecule has 0 saturated heterocycles. The largest absolute Gasteiger partial charge is 0.339 e. The van der Waals surface area contributed by atoms with Gasteiger partial charge in [0.05, 0.1) is 0 Å². The number of benzene rings is 1. The Balaban J connectivity index is 2.23. The Kier molecular flexibility index (Phi) is 3.06. The fourth-order valence-corrected chi connectivity index (χ4v) is 1.58. The lowest BCUT2D eigenvalue weighted by molar-refractivity contribution is 1.04. The van der Waals surface area contributed by atoms with E-state index in [4.69, 9.17) is 11.6 Å². The highest BCUT2D eigenvalue weighted by atomic mass is 35.5. The van der Waals surface area contributed by atoms with Gasteiger partial charge in [-0.15, -0.1) is 10.2 Å². The maximum atomic E-state index is 5.67. The molecule has 0 aliphatic heterocycles. The highest BCUT2D eigenvalue weighted by Crippen LogP contribution is 2.20. The molecule has 1 heterocycles. The lowest BCUT2D eigenvalue weighted by Crippen LogP contribution is -1.97. The molecule has 0 bridgehead atoms. The van der Waals surface area contributed by atoms with Crippen molar-refractivity contribution in [1.29, 1.82) is 0 Å². The molecule has 0 saturated carbocycles. The van der Waals surface area contributed by atoms with Crippen molar-refractivity contribution in [2.75, 3.05) is 5.32 Å². The first-order valence-corrected chi connectivity index (χ1v) is 5.36. The highest BCUT2D eigenvalue weighted by Gasteiger charge is 2.00. The van der Waals surface area contributed by atoms with Crippen molar-refractivity contribution >= 4 is 23.1 Å². The standard InChI is InChI=1S/C12H12ClN3/c1-8-3-4-10(9(2)7-8)14-12-6-5-11(13)15-16-12/h3-7H,1-2H3,(H,14,16). The van der Waals surface area contributed by atoms with Crippen molar-refractivity contribution in [2.45, 2.75) is 13.8 Å². The molecule has 0 aliphatic carbocycles. The van der Waals surface area contributed by atoms with Crippen molar-refractivity contribution in [1.82, 2.24) is 10.2 Å². The topological polar surface area (TPSA) is 37.8 Å². The molecule has 0 fully saturated rings. The lowest BCUT2D eigenvalue weighted by Gasteiger charge is -2.08. The summed E-state index contributed by atoms with van der Waals surface area (Å²) in [5, 5.41) is 11.3. The van der Waals surface area contributed by atoms with E-state index >= 15 is 0 Å². The van der Waals surface area contributed by atoms with E-state index in [1.807, 2.05) is 6.07 Å². The van der Waals surface area contributed by atoms with Crippen LogP contribution in [0.3, 0.4) is 0 Å². The van der Waals surface area contributed by atoms with Crippen LogP contribution in [0.5, 0.6) is 0 Å². The molecule has 1 aromatic carbocycles. The third-order valence-electron chi connectivity index (χ3n) is 2.28. The molecular formula is C12H12ClN3. The van der Waals surface area contributed by atoms with Gasteiger partial charge in [0, 0.05) is 5.69 Å². The summed E-state index contributed by atoms with van der Waals surface area (Å²) in [7, 11) is 0. The Labute approximate surface area is 99.5 Å². The number of aryl methyl sites for hydroxylation is 2. The quantitative estimate of drug-likeness (QED) is 0.863. The minimum absolute atomic E-state index is 0.395. The van der Waals surface area contributed by atoms with Crippen LogP contribution >= 0.6 is 11.6 Å². The zero-order valence-corrected chi connectivity index (χ0v) is 9.92. The first-order chi connectivity index (χ1) is 7.65. The van der Waals surface area contributed by atoms with Crippen molar-refractivity contribution in [3.05, 3.63) is 46.6 Å². The van der Waals surface area contributed by atoms with Crippen LogP contribution in [-0.2, 0) is 0 Å². The Hall–Kier alpha value is -1.61. The molecule has 82 valence electrons. The Morgan fingerprint density at radius 3 is 2.50 bits per heavy atom. The van der Waals surface area contributed by atoms with Crippen LogP contribution in [0.25, 0.3) is 0 Å². The molecule has 1 N–H and O–H groups in total. The molecule has 1 aromatic heterocycles. The number of hydrogen-bond acceptors (Lipinski definition) is 3. The maximum Gasteiger partial charge on any atom is 0.153 e. The van der Waals surface area contributed by atoms with Gasteiger partial charge in [0.1, 0.15) is 0 Å². The second kappa shape index (κ2) is 4.49. The van der Waals surface area contributed by atoms with E-state index < -0.39 is 0 Å². The van der Waals surface area contributed by atoms with Gasteiger partial charge in [-0.1, -0.05) is 29.3 Å². The van der Waals surface area contributed by atoms with Gasteiger partial charge < -0.3 is 5.32 Å². The van der Waals surface area contributed by atoms with Crippen LogP contribution in [0.1, 0.15) is 11.1 Å². The van der Waals surface area contributed by atoms with E-state index in [1.165, 1.54) is 11.1 Å². The molecule has 0 atom stereocenters. The molecular weight excluding hydrogens is 222 g/mol. The Morgan fingerprint density at radius 2 is 1.88 bits per heavy atom. The number of nitrogens with zero attached hydrogens (tertiary/aromatic N) is 2. The smallest absolute Gasteiger partial charge is 0.153 e. The number of aromatic nitrogens is 2. The molecule has 2 rings (SSSR count). The van der Waals surface area contributed by atoms with E-state index in [2.05, 4.69) is 41.5 Å². The summed E-state index contributed by atoms with van der Waals surface area (Å²) < 4.78 is 0. The molecule has 0 aliphatic rings. The summed E-state index contributed by atoms with van der Waals surface area (Å²) in [6.07, 6.45) is 0. The summed E-state index contributed by atoms with van der Waals surface area (Å²) in [6.45, 7) is 4.12. The summed E-state index contributed by atoms with van der Waals surface area (Å²) in [6, 6.07) is 9.71. The molecule has 2 aromatic rings. The number of hydrogen-bond donors (Lipinski definition) is 1. The summed E-state index contributed by atoms with van der Waals surface area (Å²) in [4.78, 5) is 0. The average molecular weight is 234 g/mol. The van der Waals surface area contributed by atoms with E-state index in [0.29, 0.717) is 11.0 Å². The van der Waals surface area contributed by atoms with Crippen molar-refractivity contribution in [2.24, 2.45) is 0 Å². The zero-order chi connectivity index (χ0) is 11.5. The highest BCUT2D eigenvalue weighted by molar-refractivity contribution is 6.29. The molecule has 0 amide bonds. The Bertz CT molecular complexity index is 494. The molecule has 0 spiro atoms. The first kappa shape index (κ1) is 10.9. The van der Waals surface area contributed by atoms with Crippen molar-refractivity contribution in [3.8, 4) is 0 Å². The van der Waals surface area contributed by atoms with Crippen LogP contribution in [0.15, 0.2) is 30.3 Å². The molecule has 3 nitrogen and oxygen atoms in total. The summed E-state index contributed by atoms with van der Waals surface area (Å²) >= 11 is 5.67. The average Bonchev–Trinajstić information content (AvgIpc) is 2.25. The van der Waals surface area contributed by atoms with Gasteiger partial charge in [0.2, 0.25) is 0 Å². The fraction of sp³-hybridized carbons (Fsp3) is 0.167. The predicted molar refractivity (Wildman–Crippen MR) is 66.2 cm³/mol. The van der Waals surface area contributed by atoms with E-state index in [-0.39, 0.29) is 0 Å². The normalized spacial score (nSPS) is 10.2. The van der Waals surface area contributed by atoms with Gasteiger partial charge in [0.25, 0.3) is 0 Å².